The van der Waals surface area contributed by atoms with Gasteiger partial charge >= 0.3 is 6.09 Å². The molecule has 10 nitrogen and oxygen atoms in total. The molecular formula is C22H40N4O6SSi. The van der Waals surface area contributed by atoms with Crippen LogP contribution >= 0.6 is 11.8 Å². The highest BCUT2D eigenvalue weighted by Gasteiger charge is 2.53. The van der Waals surface area contributed by atoms with Crippen molar-refractivity contribution in [2.24, 2.45) is 0 Å². The summed E-state index contributed by atoms with van der Waals surface area (Å²) in [5.41, 5.74) is -1.61. The van der Waals surface area contributed by atoms with Gasteiger partial charge < -0.3 is 24.0 Å². The fourth-order valence-electron chi connectivity index (χ4n) is 3.33. The summed E-state index contributed by atoms with van der Waals surface area (Å²) >= 11 is 1.02. The van der Waals surface area contributed by atoms with Gasteiger partial charge in [0.15, 0.2) is 13.2 Å². The summed E-state index contributed by atoms with van der Waals surface area (Å²) < 4.78 is 17.3. The van der Waals surface area contributed by atoms with Gasteiger partial charge in [0.05, 0.1) is 12.0 Å². The number of aliphatic hydroxyl groups excluding tert-OH is 1. The first-order valence-corrected chi connectivity index (χ1v) is 15.3. The molecule has 2 amide bonds. The number of hydrogen-bond donors (Lipinski definition) is 2. The predicted octanol–water partition coefficient (Wildman–Crippen LogP) is 4.05. The van der Waals surface area contributed by atoms with Gasteiger partial charge in [-0.2, -0.15) is 0 Å². The van der Waals surface area contributed by atoms with Crippen LogP contribution in [0.25, 0.3) is 0 Å². The molecule has 2 N–H and O–H groups in total. The minimum Gasteiger partial charge on any atom is -0.444 e. The van der Waals surface area contributed by atoms with Crippen LogP contribution in [0.1, 0.15) is 73.2 Å². The van der Waals surface area contributed by atoms with E-state index in [-0.39, 0.29) is 17.5 Å². The third-order valence-corrected chi connectivity index (χ3v) is 11.9. The van der Waals surface area contributed by atoms with Crippen LogP contribution < -0.4 is 5.32 Å². The van der Waals surface area contributed by atoms with Crippen LogP contribution in [-0.2, 0) is 14.0 Å². The monoisotopic (exact) mass is 516 g/mol. The second-order valence-electron chi connectivity index (χ2n) is 11.1. The number of thioether (sulfide) groups is 1. The van der Waals surface area contributed by atoms with Gasteiger partial charge in [-0.25, -0.2) is 4.79 Å². The van der Waals surface area contributed by atoms with Gasteiger partial charge in [-0.05, 0) is 58.7 Å². The van der Waals surface area contributed by atoms with Crippen molar-refractivity contribution in [3.05, 3.63) is 12.3 Å². The van der Waals surface area contributed by atoms with Crippen LogP contribution in [0.5, 0.6) is 0 Å². The molecule has 3 atom stereocenters. The van der Waals surface area contributed by atoms with Crippen molar-refractivity contribution in [3.8, 4) is 0 Å². The minimum atomic E-state index is -2.14. The summed E-state index contributed by atoms with van der Waals surface area (Å²) in [5, 5.41) is 20.9. The lowest BCUT2D eigenvalue weighted by Gasteiger charge is -2.39. The number of nitrogens with one attached hydrogen (secondary N) is 1. The highest BCUT2D eigenvalue weighted by molar-refractivity contribution is 8.01. The summed E-state index contributed by atoms with van der Waals surface area (Å²) in [7, 11) is -2.14. The smallest absolute Gasteiger partial charge is 0.411 e. The molecule has 2 heterocycles. The summed E-state index contributed by atoms with van der Waals surface area (Å²) in [6, 6.07) is -0.711. The summed E-state index contributed by atoms with van der Waals surface area (Å²) in [6.07, 6.45) is 1.56. The number of carbonyl (C=O) groups excluding carboxylic acids is 2. The number of hydrogen-bond acceptors (Lipinski definition) is 9. The van der Waals surface area contributed by atoms with E-state index in [9.17, 15) is 14.7 Å². The number of amides is 2. The maximum absolute atomic E-state index is 13.8. The summed E-state index contributed by atoms with van der Waals surface area (Å²) in [5.74, 6) is -0.227. The van der Waals surface area contributed by atoms with Gasteiger partial charge in [-0.1, -0.05) is 32.5 Å². The van der Waals surface area contributed by atoms with Gasteiger partial charge in [0.1, 0.15) is 11.6 Å². The summed E-state index contributed by atoms with van der Waals surface area (Å²) in [4.78, 5) is 26.9. The zero-order valence-electron chi connectivity index (χ0n) is 21.8. The Morgan fingerprint density at radius 3 is 2.47 bits per heavy atom. The molecule has 194 valence electrons. The average Bonchev–Trinajstić information content (AvgIpc) is 3.32. The van der Waals surface area contributed by atoms with E-state index in [0.717, 1.165) is 11.8 Å². The van der Waals surface area contributed by atoms with Crippen molar-refractivity contribution in [2.45, 2.75) is 101 Å². The maximum Gasteiger partial charge on any atom is 0.411 e. The fourth-order valence-corrected chi connectivity index (χ4v) is 5.63. The van der Waals surface area contributed by atoms with E-state index < -0.39 is 42.3 Å². The molecule has 1 fully saturated rings. The van der Waals surface area contributed by atoms with E-state index in [1.165, 1.54) is 11.3 Å². The standard InChI is InChI=1S/C22H40N4O6SSi/c1-15(27)33-22(11-10-12-26(22)19(29)32-20(2,3)4)18(28)24-16(17-25-23-14-30-17)13-31-34(8,9)21(5,6)7/h14-16,27H,10-13H2,1-9H3,(H,24,28)/t15?,16-,22?/m0/s1. The first-order valence-electron chi connectivity index (χ1n) is 11.6. The van der Waals surface area contributed by atoms with Crippen molar-refractivity contribution in [1.29, 1.82) is 0 Å². The molecule has 1 aromatic rings. The van der Waals surface area contributed by atoms with Crippen LogP contribution in [0.4, 0.5) is 4.79 Å². The molecule has 0 spiro atoms. The van der Waals surface area contributed by atoms with Crippen LogP contribution in [0.15, 0.2) is 10.8 Å². The number of aromatic nitrogens is 2. The molecule has 1 saturated heterocycles. The Bertz CT molecular complexity index is 837. The molecule has 34 heavy (non-hydrogen) atoms. The van der Waals surface area contributed by atoms with Crippen molar-refractivity contribution < 1.29 is 28.3 Å². The first kappa shape index (κ1) is 28.6. The first-order chi connectivity index (χ1) is 15.5. The van der Waals surface area contributed by atoms with E-state index in [0.29, 0.717) is 19.4 Å². The lowest BCUT2D eigenvalue weighted by molar-refractivity contribution is -0.128. The van der Waals surface area contributed by atoms with Crippen molar-refractivity contribution in [2.75, 3.05) is 13.2 Å². The largest absolute Gasteiger partial charge is 0.444 e. The quantitative estimate of drug-likeness (QED) is 0.388. The van der Waals surface area contributed by atoms with E-state index in [2.05, 4.69) is 49.4 Å². The number of carbonyl (C=O) groups is 2. The molecular weight excluding hydrogens is 476 g/mol. The Balaban J connectivity index is 2.32. The van der Waals surface area contributed by atoms with Crippen LogP contribution in [-0.4, -0.2) is 69.6 Å². The van der Waals surface area contributed by atoms with Gasteiger partial charge in [0, 0.05) is 6.54 Å². The van der Waals surface area contributed by atoms with Gasteiger partial charge in [-0.15, -0.1) is 10.2 Å². The Kier molecular flexibility index (Phi) is 8.87. The Labute approximate surface area is 207 Å². The molecule has 12 heteroatoms. The molecule has 1 aliphatic heterocycles. The Morgan fingerprint density at radius 2 is 1.97 bits per heavy atom. The Morgan fingerprint density at radius 1 is 1.32 bits per heavy atom. The fraction of sp³-hybridized carbons (Fsp3) is 0.818. The normalized spacial score (nSPS) is 21.3. The topological polar surface area (TPSA) is 127 Å². The van der Waals surface area contributed by atoms with Crippen molar-refractivity contribution in [1.82, 2.24) is 20.4 Å². The number of ether oxygens (including phenoxy) is 1. The Hall–Kier alpha value is -1.63. The third-order valence-electron chi connectivity index (χ3n) is 6.06. The highest BCUT2D eigenvalue weighted by Crippen LogP contribution is 2.43. The van der Waals surface area contributed by atoms with Gasteiger partial charge in [-0.3, -0.25) is 9.69 Å². The maximum atomic E-state index is 13.8. The number of aliphatic hydroxyl groups is 1. The third kappa shape index (κ3) is 6.95. The lowest BCUT2D eigenvalue weighted by atomic mass is 10.1. The van der Waals surface area contributed by atoms with E-state index in [1.54, 1.807) is 27.7 Å². The molecule has 0 aliphatic carbocycles. The SMILES string of the molecule is CC(O)SC1(C(=O)N[C@@H](CO[Si](C)(C)C(C)(C)C)c2nnco2)CCCN1C(=O)OC(C)(C)C. The van der Waals surface area contributed by atoms with Crippen LogP contribution in [0, 0.1) is 0 Å². The predicted molar refractivity (Wildman–Crippen MR) is 133 cm³/mol. The second-order valence-corrected chi connectivity index (χ2v) is 17.5. The van der Waals surface area contributed by atoms with Crippen LogP contribution in [0.2, 0.25) is 18.1 Å². The molecule has 1 aromatic heterocycles. The average molecular weight is 517 g/mol. The zero-order valence-corrected chi connectivity index (χ0v) is 23.6. The van der Waals surface area contributed by atoms with Gasteiger partial charge in [0.25, 0.3) is 5.91 Å². The van der Waals surface area contributed by atoms with Crippen LogP contribution in [0.3, 0.4) is 0 Å². The molecule has 0 saturated carbocycles. The molecule has 2 unspecified atom stereocenters. The van der Waals surface area contributed by atoms with Crippen molar-refractivity contribution >= 4 is 32.1 Å². The number of likely N-dealkylation sites (tertiary alicyclic amines) is 1. The van der Waals surface area contributed by atoms with E-state index in [4.69, 9.17) is 13.6 Å². The summed E-state index contributed by atoms with van der Waals surface area (Å²) in [6.45, 7) is 18.0. The molecule has 1 aliphatic rings. The number of nitrogens with zero attached hydrogens (tertiary/aromatic N) is 3. The van der Waals surface area contributed by atoms with Crippen molar-refractivity contribution in [3.63, 3.8) is 0 Å². The zero-order chi connectivity index (χ0) is 25.9. The second kappa shape index (κ2) is 10.5. The number of rotatable bonds is 8. The lowest BCUT2D eigenvalue weighted by Crippen LogP contribution is -2.57. The molecule has 0 aromatic carbocycles. The molecule has 0 bridgehead atoms. The van der Waals surface area contributed by atoms with E-state index in [1.807, 2.05) is 0 Å². The minimum absolute atomic E-state index is 0.0290. The molecule has 0 radical (unpaired) electrons. The van der Waals surface area contributed by atoms with E-state index >= 15 is 0 Å². The molecule has 2 rings (SSSR count). The highest BCUT2D eigenvalue weighted by atomic mass is 32.2. The van der Waals surface area contributed by atoms with Gasteiger partial charge in [0.2, 0.25) is 12.3 Å².